The molecule has 0 saturated carbocycles. The molecule has 0 fully saturated rings. The van der Waals surface area contributed by atoms with Gasteiger partial charge in [-0.15, -0.1) is 0 Å². The van der Waals surface area contributed by atoms with E-state index in [2.05, 4.69) is 17.6 Å². The highest BCUT2D eigenvalue weighted by Gasteiger charge is 2.26. The van der Waals surface area contributed by atoms with Crippen molar-refractivity contribution in [2.45, 2.75) is 38.6 Å². The number of nitrogens with one attached hydrogen (secondary N) is 2. The molecule has 0 aliphatic carbocycles. The second-order valence-corrected chi connectivity index (χ2v) is 4.01. The van der Waals surface area contributed by atoms with Crippen LogP contribution in [0.3, 0.4) is 0 Å². The van der Waals surface area contributed by atoms with Crippen LogP contribution < -0.4 is 10.6 Å². The molecular formula is C11H24N2O3. The molecule has 5 nitrogen and oxygen atoms in total. The Bertz CT molecular complexity index is 185. The number of hydrogen-bond acceptors (Lipinski definition) is 4. The molecule has 0 atom stereocenters. The van der Waals surface area contributed by atoms with E-state index in [1.54, 1.807) is 0 Å². The molecule has 0 rings (SSSR count). The Labute approximate surface area is 97.2 Å². The highest BCUT2D eigenvalue weighted by atomic mass is 16.3. The summed E-state index contributed by atoms with van der Waals surface area (Å²) in [6.07, 6.45) is 2.58. The van der Waals surface area contributed by atoms with Crippen LogP contribution >= 0.6 is 0 Å². The zero-order valence-electron chi connectivity index (χ0n) is 10.3. The van der Waals surface area contributed by atoms with Gasteiger partial charge >= 0.3 is 0 Å². The molecule has 0 aliphatic heterocycles. The lowest BCUT2D eigenvalue weighted by atomic mass is 9.98. The van der Waals surface area contributed by atoms with Gasteiger partial charge in [0.15, 0.2) is 0 Å². The third-order valence-electron chi connectivity index (χ3n) is 2.76. The smallest absolute Gasteiger partial charge is 0.233 e. The summed E-state index contributed by atoms with van der Waals surface area (Å²) in [4.78, 5) is 11.4. The maximum absolute atomic E-state index is 11.4. The fraction of sp³-hybridized carbons (Fsp3) is 0.909. The fourth-order valence-corrected chi connectivity index (χ4v) is 1.25. The SMILES string of the molecule is CCCCNC(=O)CNC(CC)(CO)CO. The molecule has 4 N–H and O–H groups in total. The van der Waals surface area contributed by atoms with Crippen molar-refractivity contribution in [3.05, 3.63) is 0 Å². The maximum Gasteiger partial charge on any atom is 0.233 e. The van der Waals surface area contributed by atoms with Gasteiger partial charge < -0.3 is 15.5 Å². The minimum atomic E-state index is -0.748. The summed E-state index contributed by atoms with van der Waals surface area (Å²) < 4.78 is 0. The van der Waals surface area contributed by atoms with Gasteiger partial charge in [-0.2, -0.15) is 0 Å². The quantitative estimate of drug-likeness (QED) is 0.409. The number of amides is 1. The third kappa shape index (κ3) is 5.44. The first-order valence-corrected chi connectivity index (χ1v) is 5.87. The van der Waals surface area contributed by atoms with Crippen LogP contribution in [0, 0.1) is 0 Å². The molecular weight excluding hydrogens is 208 g/mol. The Morgan fingerprint density at radius 1 is 1.25 bits per heavy atom. The molecule has 0 spiro atoms. The minimum Gasteiger partial charge on any atom is -0.394 e. The molecule has 0 aromatic rings. The van der Waals surface area contributed by atoms with Crippen molar-refractivity contribution in [2.24, 2.45) is 0 Å². The molecule has 5 heteroatoms. The van der Waals surface area contributed by atoms with Gasteiger partial charge in [0.1, 0.15) is 0 Å². The second-order valence-electron chi connectivity index (χ2n) is 4.01. The lowest BCUT2D eigenvalue weighted by Crippen LogP contribution is -2.54. The average molecular weight is 232 g/mol. The number of aliphatic hydroxyl groups is 2. The summed E-state index contributed by atoms with van der Waals surface area (Å²) >= 11 is 0. The molecule has 0 aromatic carbocycles. The number of unbranched alkanes of at least 4 members (excludes halogenated alkanes) is 1. The zero-order valence-corrected chi connectivity index (χ0v) is 10.3. The molecule has 0 radical (unpaired) electrons. The van der Waals surface area contributed by atoms with E-state index in [-0.39, 0.29) is 25.7 Å². The van der Waals surface area contributed by atoms with Crippen LogP contribution in [0.25, 0.3) is 0 Å². The minimum absolute atomic E-state index is 0.104. The topological polar surface area (TPSA) is 81.6 Å². The molecule has 1 amide bonds. The van der Waals surface area contributed by atoms with Crippen LogP contribution in [0.4, 0.5) is 0 Å². The summed E-state index contributed by atoms with van der Waals surface area (Å²) in [5.74, 6) is -0.104. The summed E-state index contributed by atoms with van der Waals surface area (Å²) in [6, 6.07) is 0. The Morgan fingerprint density at radius 3 is 2.31 bits per heavy atom. The number of carbonyl (C=O) groups is 1. The van der Waals surface area contributed by atoms with Crippen molar-refractivity contribution in [3.8, 4) is 0 Å². The van der Waals surface area contributed by atoms with Gasteiger partial charge in [0, 0.05) is 6.54 Å². The van der Waals surface area contributed by atoms with Crippen molar-refractivity contribution in [1.82, 2.24) is 10.6 Å². The number of aliphatic hydroxyl groups excluding tert-OH is 2. The van der Waals surface area contributed by atoms with E-state index >= 15 is 0 Å². The van der Waals surface area contributed by atoms with Crippen molar-refractivity contribution >= 4 is 5.91 Å². The Hall–Kier alpha value is -0.650. The Morgan fingerprint density at radius 2 is 1.88 bits per heavy atom. The largest absolute Gasteiger partial charge is 0.394 e. The lowest BCUT2D eigenvalue weighted by Gasteiger charge is -2.29. The van der Waals surface area contributed by atoms with Gasteiger partial charge in [0.05, 0.1) is 25.3 Å². The summed E-state index contributed by atoms with van der Waals surface area (Å²) in [5.41, 5.74) is -0.748. The van der Waals surface area contributed by atoms with Gasteiger partial charge in [-0.1, -0.05) is 20.3 Å². The van der Waals surface area contributed by atoms with Crippen LogP contribution in [0.2, 0.25) is 0 Å². The highest BCUT2D eigenvalue weighted by molar-refractivity contribution is 5.78. The van der Waals surface area contributed by atoms with E-state index in [1.165, 1.54) is 0 Å². The van der Waals surface area contributed by atoms with Gasteiger partial charge in [-0.25, -0.2) is 0 Å². The lowest BCUT2D eigenvalue weighted by molar-refractivity contribution is -0.120. The molecule has 0 aromatic heterocycles. The number of carbonyl (C=O) groups excluding carboxylic acids is 1. The summed E-state index contributed by atoms with van der Waals surface area (Å²) in [5, 5.41) is 24.0. The van der Waals surface area contributed by atoms with Gasteiger partial charge in [-0.3, -0.25) is 10.1 Å². The molecule has 0 heterocycles. The molecule has 96 valence electrons. The fourth-order valence-electron chi connectivity index (χ4n) is 1.25. The van der Waals surface area contributed by atoms with Gasteiger partial charge in [0.2, 0.25) is 5.91 Å². The van der Waals surface area contributed by atoms with Crippen molar-refractivity contribution in [1.29, 1.82) is 0 Å². The molecule has 0 aliphatic rings. The van der Waals surface area contributed by atoms with Crippen LogP contribution in [-0.2, 0) is 4.79 Å². The summed E-state index contributed by atoms with van der Waals surface area (Å²) in [6.45, 7) is 4.36. The van der Waals surface area contributed by atoms with Crippen molar-refractivity contribution < 1.29 is 15.0 Å². The number of rotatable bonds is 9. The van der Waals surface area contributed by atoms with Crippen LogP contribution in [0.1, 0.15) is 33.1 Å². The van der Waals surface area contributed by atoms with Crippen LogP contribution in [0.5, 0.6) is 0 Å². The average Bonchev–Trinajstić information content (AvgIpc) is 2.32. The van der Waals surface area contributed by atoms with Crippen LogP contribution in [-0.4, -0.2) is 48.0 Å². The Balaban J connectivity index is 3.87. The molecule has 16 heavy (non-hydrogen) atoms. The van der Waals surface area contributed by atoms with E-state index < -0.39 is 5.54 Å². The van der Waals surface area contributed by atoms with Gasteiger partial charge in [-0.05, 0) is 12.8 Å². The molecule has 0 bridgehead atoms. The standard InChI is InChI=1S/C11H24N2O3/c1-3-5-6-12-10(16)7-13-11(4-2,8-14)9-15/h13-15H,3-9H2,1-2H3,(H,12,16). The van der Waals surface area contributed by atoms with Crippen LogP contribution in [0.15, 0.2) is 0 Å². The third-order valence-corrected chi connectivity index (χ3v) is 2.76. The van der Waals surface area contributed by atoms with E-state index in [1.807, 2.05) is 6.92 Å². The molecule has 0 saturated heterocycles. The number of hydrogen-bond donors (Lipinski definition) is 4. The van der Waals surface area contributed by atoms with Crippen molar-refractivity contribution in [3.63, 3.8) is 0 Å². The first-order chi connectivity index (χ1) is 7.64. The first-order valence-electron chi connectivity index (χ1n) is 5.87. The van der Waals surface area contributed by atoms with E-state index in [0.717, 1.165) is 12.8 Å². The monoisotopic (exact) mass is 232 g/mol. The second kappa shape index (κ2) is 8.50. The van der Waals surface area contributed by atoms with E-state index in [9.17, 15) is 4.79 Å². The summed E-state index contributed by atoms with van der Waals surface area (Å²) in [7, 11) is 0. The van der Waals surface area contributed by atoms with Crippen molar-refractivity contribution in [2.75, 3.05) is 26.3 Å². The maximum atomic E-state index is 11.4. The molecule has 0 unspecified atom stereocenters. The van der Waals surface area contributed by atoms with E-state index in [0.29, 0.717) is 13.0 Å². The predicted molar refractivity (Wildman–Crippen MR) is 63.1 cm³/mol. The first kappa shape index (κ1) is 15.3. The zero-order chi connectivity index (χ0) is 12.4. The predicted octanol–water partition coefficient (Wildman–Crippen LogP) is -0.374. The normalized spacial score (nSPS) is 11.5. The highest BCUT2D eigenvalue weighted by Crippen LogP contribution is 2.07. The van der Waals surface area contributed by atoms with E-state index in [4.69, 9.17) is 10.2 Å². The Kier molecular flexibility index (Phi) is 8.15. The van der Waals surface area contributed by atoms with Gasteiger partial charge in [0.25, 0.3) is 0 Å².